The smallest absolute Gasteiger partial charge is 0.287 e. The van der Waals surface area contributed by atoms with E-state index in [1.165, 1.54) is 0 Å². The van der Waals surface area contributed by atoms with Crippen molar-refractivity contribution in [2.24, 2.45) is 5.92 Å². The molecule has 26 heavy (non-hydrogen) atoms. The van der Waals surface area contributed by atoms with Crippen molar-refractivity contribution in [1.82, 2.24) is 10.6 Å². The number of nitrogens with one attached hydrogen (secondary N) is 2. The number of hydrogen-bond acceptors (Lipinski definition) is 4. The monoisotopic (exact) mass is 368 g/mol. The quantitative estimate of drug-likeness (QED) is 0.324. The summed E-state index contributed by atoms with van der Waals surface area (Å²) in [6, 6.07) is 0. The van der Waals surface area contributed by atoms with Crippen LogP contribution >= 0.6 is 0 Å². The van der Waals surface area contributed by atoms with Crippen molar-refractivity contribution in [3.63, 3.8) is 0 Å². The van der Waals surface area contributed by atoms with Crippen LogP contribution in [-0.4, -0.2) is 36.5 Å². The summed E-state index contributed by atoms with van der Waals surface area (Å²) in [5.74, 6) is -1.49. The van der Waals surface area contributed by atoms with E-state index in [2.05, 4.69) is 24.5 Å². The van der Waals surface area contributed by atoms with Gasteiger partial charge in [-0.15, -0.1) is 0 Å². The van der Waals surface area contributed by atoms with Crippen molar-refractivity contribution in [2.75, 3.05) is 13.1 Å². The predicted molar refractivity (Wildman–Crippen MR) is 103 cm³/mol. The Bertz CT molecular complexity index is 449. The molecule has 0 saturated carbocycles. The third-order valence-electron chi connectivity index (χ3n) is 4.29. The van der Waals surface area contributed by atoms with Gasteiger partial charge in [-0.3, -0.25) is 19.2 Å². The molecule has 0 radical (unpaired) electrons. The van der Waals surface area contributed by atoms with Crippen LogP contribution in [-0.2, 0) is 19.2 Å². The SMILES string of the molecule is CCCCCC(=O)C(=O)NCCCC(C)CNC(=O)C(=O)CCCCC. The molecule has 150 valence electrons. The summed E-state index contributed by atoms with van der Waals surface area (Å²) in [7, 11) is 0. The molecule has 2 amide bonds. The van der Waals surface area contributed by atoms with Gasteiger partial charge in [-0.1, -0.05) is 46.5 Å². The number of carbonyl (C=O) groups is 4. The van der Waals surface area contributed by atoms with Crippen molar-refractivity contribution in [2.45, 2.75) is 85.0 Å². The Morgan fingerprint density at radius 2 is 1.23 bits per heavy atom. The zero-order valence-corrected chi connectivity index (χ0v) is 16.7. The van der Waals surface area contributed by atoms with Gasteiger partial charge in [0.05, 0.1) is 0 Å². The molecular weight excluding hydrogens is 332 g/mol. The van der Waals surface area contributed by atoms with Crippen molar-refractivity contribution in [3.8, 4) is 0 Å². The summed E-state index contributed by atoms with van der Waals surface area (Å²) in [5, 5.41) is 5.32. The van der Waals surface area contributed by atoms with Crippen LogP contribution in [0.15, 0.2) is 0 Å². The summed E-state index contributed by atoms with van der Waals surface area (Å²) in [5.41, 5.74) is 0. The molecule has 6 nitrogen and oxygen atoms in total. The molecule has 0 aliphatic rings. The molecule has 0 aromatic rings. The minimum atomic E-state index is -0.501. The first-order valence-corrected chi connectivity index (χ1v) is 10.0. The van der Waals surface area contributed by atoms with Crippen LogP contribution in [0.25, 0.3) is 0 Å². The first-order valence-electron chi connectivity index (χ1n) is 10.0. The third kappa shape index (κ3) is 12.6. The maximum atomic E-state index is 11.7. The molecule has 2 N–H and O–H groups in total. The van der Waals surface area contributed by atoms with E-state index >= 15 is 0 Å². The first kappa shape index (κ1) is 24.3. The van der Waals surface area contributed by atoms with Gasteiger partial charge in [0, 0.05) is 25.9 Å². The average Bonchev–Trinajstić information content (AvgIpc) is 2.63. The lowest BCUT2D eigenvalue weighted by atomic mass is 10.1. The topological polar surface area (TPSA) is 92.3 Å². The normalized spacial score (nSPS) is 11.7. The zero-order chi connectivity index (χ0) is 19.8. The molecule has 0 aliphatic heterocycles. The molecule has 6 heteroatoms. The van der Waals surface area contributed by atoms with E-state index in [1.807, 2.05) is 6.92 Å². The van der Waals surface area contributed by atoms with Gasteiger partial charge in [-0.2, -0.15) is 0 Å². The van der Waals surface area contributed by atoms with E-state index in [-0.39, 0.29) is 17.5 Å². The minimum absolute atomic E-state index is 0.208. The number of ketones is 2. The third-order valence-corrected chi connectivity index (χ3v) is 4.29. The van der Waals surface area contributed by atoms with E-state index < -0.39 is 11.8 Å². The highest BCUT2D eigenvalue weighted by Crippen LogP contribution is 2.05. The van der Waals surface area contributed by atoms with Gasteiger partial charge in [-0.05, 0) is 31.6 Å². The molecule has 0 bridgehead atoms. The number of carbonyl (C=O) groups excluding carboxylic acids is 4. The molecule has 0 saturated heterocycles. The van der Waals surface area contributed by atoms with Crippen molar-refractivity contribution < 1.29 is 19.2 Å². The van der Waals surface area contributed by atoms with E-state index in [0.717, 1.165) is 51.4 Å². The Kier molecular flexibility index (Phi) is 14.5. The Morgan fingerprint density at radius 1 is 0.731 bits per heavy atom. The van der Waals surface area contributed by atoms with Crippen LogP contribution in [0, 0.1) is 5.92 Å². The molecule has 0 spiro atoms. The maximum absolute atomic E-state index is 11.7. The van der Waals surface area contributed by atoms with E-state index in [0.29, 0.717) is 25.9 Å². The van der Waals surface area contributed by atoms with Gasteiger partial charge in [0.15, 0.2) is 0 Å². The molecule has 1 atom stereocenters. The zero-order valence-electron chi connectivity index (χ0n) is 16.7. The molecule has 0 aromatic carbocycles. The van der Waals surface area contributed by atoms with E-state index in [1.54, 1.807) is 0 Å². The fraction of sp³-hybridized carbons (Fsp3) is 0.800. The lowest BCUT2D eigenvalue weighted by Crippen LogP contribution is -2.34. The molecule has 1 unspecified atom stereocenters. The Hall–Kier alpha value is -1.72. The standard InChI is InChI=1S/C20H36N2O4/c1-4-6-8-12-17(23)19(25)21-14-10-11-16(3)15-22-20(26)18(24)13-9-7-5-2/h16H,4-15H2,1-3H3,(H,21,25)(H,22,26). The highest BCUT2D eigenvalue weighted by molar-refractivity contribution is 6.36. The van der Waals surface area contributed by atoms with Crippen molar-refractivity contribution in [1.29, 1.82) is 0 Å². The number of rotatable bonds is 16. The first-order chi connectivity index (χ1) is 12.4. The number of amides is 2. The fourth-order valence-corrected chi connectivity index (χ4v) is 2.52. The van der Waals surface area contributed by atoms with E-state index in [9.17, 15) is 19.2 Å². The fourth-order valence-electron chi connectivity index (χ4n) is 2.52. The van der Waals surface area contributed by atoms with Crippen LogP contribution in [0.4, 0.5) is 0 Å². The van der Waals surface area contributed by atoms with Crippen LogP contribution in [0.5, 0.6) is 0 Å². The minimum Gasteiger partial charge on any atom is -0.350 e. The van der Waals surface area contributed by atoms with Crippen LogP contribution in [0.1, 0.15) is 85.0 Å². The predicted octanol–water partition coefficient (Wildman–Crippen LogP) is 2.93. The lowest BCUT2D eigenvalue weighted by molar-refractivity contribution is -0.138. The maximum Gasteiger partial charge on any atom is 0.287 e. The largest absolute Gasteiger partial charge is 0.350 e. The van der Waals surface area contributed by atoms with E-state index in [4.69, 9.17) is 0 Å². The second-order valence-electron chi connectivity index (χ2n) is 6.97. The van der Waals surface area contributed by atoms with Gasteiger partial charge < -0.3 is 10.6 Å². The summed E-state index contributed by atoms with van der Waals surface area (Å²) in [6.45, 7) is 6.99. The highest BCUT2D eigenvalue weighted by Gasteiger charge is 2.14. The molecular formula is C20H36N2O4. The van der Waals surface area contributed by atoms with Gasteiger partial charge in [-0.25, -0.2) is 0 Å². The van der Waals surface area contributed by atoms with Crippen molar-refractivity contribution in [3.05, 3.63) is 0 Å². The Balaban J connectivity index is 3.77. The van der Waals surface area contributed by atoms with Crippen molar-refractivity contribution >= 4 is 23.4 Å². The molecule has 0 heterocycles. The van der Waals surface area contributed by atoms with Crippen LogP contribution < -0.4 is 10.6 Å². The Morgan fingerprint density at radius 3 is 1.73 bits per heavy atom. The number of hydrogen-bond donors (Lipinski definition) is 2. The molecule has 0 fully saturated rings. The summed E-state index contributed by atoms with van der Waals surface area (Å²) in [6.07, 6.45) is 7.64. The highest BCUT2D eigenvalue weighted by atomic mass is 16.2. The molecule has 0 rings (SSSR count). The number of Topliss-reactive ketones (excluding diaryl/α,β-unsaturated/α-hetero) is 2. The second kappa shape index (κ2) is 15.5. The summed E-state index contributed by atoms with van der Waals surface area (Å²) >= 11 is 0. The lowest BCUT2D eigenvalue weighted by Gasteiger charge is -2.12. The average molecular weight is 369 g/mol. The van der Waals surface area contributed by atoms with Crippen LogP contribution in [0.3, 0.4) is 0 Å². The van der Waals surface area contributed by atoms with Gasteiger partial charge >= 0.3 is 0 Å². The molecule has 0 aliphatic carbocycles. The summed E-state index contributed by atoms with van der Waals surface area (Å²) in [4.78, 5) is 46.5. The second-order valence-corrected chi connectivity index (χ2v) is 6.97. The Labute approximate surface area is 157 Å². The molecule has 0 aromatic heterocycles. The van der Waals surface area contributed by atoms with Gasteiger partial charge in [0.25, 0.3) is 11.8 Å². The van der Waals surface area contributed by atoms with Crippen LogP contribution in [0.2, 0.25) is 0 Å². The summed E-state index contributed by atoms with van der Waals surface area (Å²) < 4.78 is 0. The van der Waals surface area contributed by atoms with Gasteiger partial charge in [0.2, 0.25) is 11.6 Å². The number of unbranched alkanes of at least 4 members (excludes halogenated alkanes) is 4. The van der Waals surface area contributed by atoms with Gasteiger partial charge in [0.1, 0.15) is 0 Å².